The Morgan fingerprint density at radius 2 is 1.85 bits per heavy atom. The molecule has 2 aromatic carbocycles. The third kappa shape index (κ3) is 7.58. The number of anilines is 2. The van der Waals surface area contributed by atoms with Crippen molar-refractivity contribution >= 4 is 44.3 Å². The summed E-state index contributed by atoms with van der Waals surface area (Å²) in [4.78, 5) is 25.3. The number of aromatic nitrogens is 2. The average Bonchev–Trinajstić information content (AvgIpc) is 3.44. The second kappa shape index (κ2) is 13.4. The molecule has 1 N–H and O–H groups in total. The Labute approximate surface area is 238 Å². The van der Waals surface area contributed by atoms with Crippen LogP contribution < -0.4 is 14.8 Å². The predicted octanol–water partition coefficient (Wildman–Crippen LogP) is 5.02. The van der Waals surface area contributed by atoms with Crippen LogP contribution in [0.3, 0.4) is 0 Å². The molecular formula is C29H36BrN5O4. The van der Waals surface area contributed by atoms with Gasteiger partial charge < -0.3 is 19.5 Å². The average molecular weight is 599 g/mol. The van der Waals surface area contributed by atoms with Crippen LogP contribution in [-0.2, 0) is 9.53 Å². The van der Waals surface area contributed by atoms with Crippen LogP contribution in [0, 0.1) is 0 Å². The molecule has 39 heavy (non-hydrogen) atoms. The number of benzene rings is 2. The molecule has 5 rings (SSSR count). The smallest absolute Gasteiger partial charge is 0.320 e. The molecule has 0 spiro atoms. The van der Waals surface area contributed by atoms with Crippen LogP contribution in [0.1, 0.15) is 32.6 Å². The first-order valence-corrected chi connectivity index (χ1v) is 14.6. The zero-order valence-electron chi connectivity index (χ0n) is 22.4. The molecule has 0 atom stereocenters. The maximum atomic E-state index is 11.8. The fourth-order valence-corrected chi connectivity index (χ4v) is 5.50. The molecule has 2 heterocycles. The van der Waals surface area contributed by atoms with E-state index in [0.717, 1.165) is 72.4 Å². The second-order valence-corrected chi connectivity index (χ2v) is 10.9. The largest absolute Gasteiger partial charge is 0.488 e. The van der Waals surface area contributed by atoms with Crippen LogP contribution in [0.25, 0.3) is 10.9 Å². The summed E-state index contributed by atoms with van der Waals surface area (Å²) in [6.45, 7) is 7.40. The van der Waals surface area contributed by atoms with E-state index in [-0.39, 0.29) is 12.1 Å². The summed E-state index contributed by atoms with van der Waals surface area (Å²) < 4.78 is 18.9. The van der Waals surface area contributed by atoms with Crippen molar-refractivity contribution in [3.63, 3.8) is 0 Å². The Balaban J connectivity index is 1.27. The van der Waals surface area contributed by atoms with Crippen molar-refractivity contribution in [2.24, 2.45) is 0 Å². The molecule has 1 aliphatic heterocycles. The van der Waals surface area contributed by atoms with Crippen LogP contribution in [0.2, 0.25) is 0 Å². The molecule has 1 saturated heterocycles. The fourth-order valence-electron chi connectivity index (χ4n) is 5.10. The maximum absolute atomic E-state index is 11.8. The number of fused-ring (bicyclic) bond motifs is 1. The number of hydrogen-bond donors (Lipinski definition) is 1. The van der Waals surface area contributed by atoms with Crippen LogP contribution in [0.15, 0.2) is 47.2 Å². The number of hydrogen-bond acceptors (Lipinski definition) is 9. The lowest BCUT2D eigenvalue weighted by molar-refractivity contribution is -0.144. The number of halogens is 1. The van der Waals surface area contributed by atoms with Gasteiger partial charge >= 0.3 is 5.97 Å². The normalized spacial score (nSPS) is 16.9. The van der Waals surface area contributed by atoms with Gasteiger partial charge in [-0.3, -0.25) is 14.6 Å². The van der Waals surface area contributed by atoms with E-state index in [0.29, 0.717) is 31.3 Å². The van der Waals surface area contributed by atoms with Crippen molar-refractivity contribution in [2.45, 2.75) is 38.7 Å². The van der Waals surface area contributed by atoms with Crippen LogP contribution in [-0.4, -0.2) is 84.3 Å². The summed E-state index contributed by atoms with van der Waals surface area (Å²) in [6, 6.07) is 12.0. The highest BCUT2D eigenvalue weighted by atomic mass is 79.9. The number of carbonyl (C=O) groups is 1. The minimum atomic E-state index is -0.155. The Kier molecular flexibility index (Phi) is 9.49. The summed E-state index contributed by atoms with van der Waals surface area (Å²) in [5.41, 5.74) is 1.74. The molecule has 0 radical (unpaired) electrons. The standard InChI is InChI=1S/C29H36BrN5O4/c1-2-37-28(36)19-35-12-10-34(11-13-35)14-15-38-26-17-24-25(18-27(26)39-23-8-3-4-9-23)31-20-32-29(24)33-22-7-5-6-21(30)16-22/h5-7,16-18,20,23H,2-4,8-15,19H2,1H3,(H,31,32,33). The molecule has 3 aromatic rings. The Morgan fingerprint density at radius 1 is 1.05 bits per heavy atom. The maximum Gasteiger partial charge on any atom is 0.320 e. The first kappa shape index (κ1) is 27.6. The molecule has 1 aromatic heterocycles. The van der Waals surface area contributed by atoms with Gasteiger partial charge in [0.15, 0.2) is 11.5 Å². The molecule has 208 valence electrons. The number of esters is 1. The summed E-state index contributed by atoms with van der Waals surface area (Å²) in [7, 11) is 0. The van der Waals surface area contributed by atoms with Crippen molar-refractivity contribution in [3.05, 3.63) is 47.2 Å². The molecule has 2 fully saturated rings. The number of nitrogens with one attached hydrogen (secondary N) is 1. The Morgan fingerprint density at radius 3 is 2.62 bits per heavy atom. The van der Waals surface area contributed by atoms with Gasteiger partial charge in [-0.2, -0.15) is 0 Å². The lowest BCUT2D eigenvalue weighted by Crippen LogP contribution is -2.49. The quantitative estimate of drug-likeness (QED) is 0.306. The van der Waals surface area contributed by atoms with E-state index in [9.17, 15) is 4.79 Å². The molecule has 1 aliphatic carbocycles. The van der Waals surface area contributed by atoms with Crippen LogP contribution in [0.5, 0.6) is 11.5 Å². The van der Waals surface area contributed by atoms with E-state index >= 15 is 0 Å². The van der Waals surface area contributed by atoms with Gasteiger partial charge in [-0.1, -0.05) is 22.0 Å². The van der Waals surface area contributed by atoms with Crippen molar-refractivity contribution in [1.29, 1.82) is 0 Å². The zero-order valence-corrected chi connectivity index (χ0v) is 24.0. The molecule has 9 nitrogen and oxygen atoms in total. The van der Waals surface area contributed by atoms with Gasteiger partial charge in [-0.05, 0) is 56.9 Å². The fraction of sp³-hybridized carbons (Fsp3) is 0.483. The third-order valence-corrected chi connectivity index (χ3v) is 7.67. The molecule has 0 bridgehead atoms. The van der Waals surface area contributed by atoms with E-state index in [4.69, 9.17) is 14.2 Å². The van der Waals surface area contributed by atoms with Crippen molar-refractivity contribution in [3.8, 4) is 11.5 Å². The Bertz CT molecular complexity index is 1260. The number of rotatable bonds is 11. The van der Waals surface area contributed by atoms with E-state index in [1.54, 1.807) is 6.33 Å². The summed E-state index contributed by atoms with van der Waals surface area (Å²) in [6.07, 6.45) is 6.29. The summed E-state index contributed by atoms with van der Waals surface area (Å²) >= 11 is 3.53. The van der Waals surface area contributed by atoms with Gasteiger partial charge in [0.05, 0.1) is 24.8 Å². The monoisotopic (exact) mass is 597 g/mol. The van der Waals surface area contributed by atoms with E-state index in [1.165, 1.54) is 12.8 Å². The van der Waals surface area contributed by atoms with Gasteiger partial charge in [0.1, 0.15) is 18.8 Å². The summed E-state index contributed by atoms with van der Waals surface area (Å²) in [5.74, 6) is 2.01. The molecule has 10 heteroatoms. The van der Waals surface area contributed by atoms with E-state index < -0.39 is 0 Å². The number of piperazine rings is 1. The number of nitrogens with zero attached hydrogens (tertiary/aromatic N) is 4. The van der Waals surface area contributed by atoms with Crippen LogP contribution >= 0.6 is 15.9 Å². The zero-order chi connectivity index (χ0) is 27.0. The molecule has 1 saturated carbocycles. The van der Waals surface area contributed by atoms with Gasteiger partial charge in [-0.25, -0.2) is 9.97 Å². The van der Waals surface area contributed by atoms with E-state index in [1.807, 2.05) is 43.3 Å². The Hall–Kier alpha value is -2.95. The second-order valence-electron chi connectivity index (χ2n) is 9.97. The first-order chi connectivity index (χ1) is 19.1. The molecular weight excluding hydrogens is 562 g/mol. The van der Waals surface area contributed by atoms with Gasteiger partial charge in [-0.15, -0.1) is 0 Å². The van der Waals surface area contributed by atoms with Crippen molar-refractivity contribution < 1.29 is 19.0 Å². The molecule has 0 unspecified atom stereocenters. The molecule has 0 amide bonds. The highest BCUT2D eigenvalue weighted by Gasteiger charge is 2.22. The minimum absolute atomic E-state index is 0.155. The minimum Gasteiger partial charge on any atom is -0.488 e. The number of ether oxygens (including phenoxy) is 3. The SMILES string of the molecule is CCOC(=O)CN1CCN(CCOc2cc3c(Nc4cccc(Br)c4)ncnc3cc2OC2CCCC2)CC1. The third-order valence-electron chi connectivity index (χ3n) is 7.17. The predicted molar refractivity (Wildman–Crippen MR) is 155 cm³/mol. The molecule has 2 aliphatic rings. The van der Waals surface area contributed by atoms with Crippen molar-refractivity contribution in [2.75, 3.05) is 57.8 Å². The lowest BCUT2D eigenvalue weighted by atomic mass is 10.2. The lowest BCUT2D eigenvalue weighted by Gasteiger charge is -2.33. The van der Waals surface area contributed by atoms with E-state index in [2.05, 4.69) is 41.0 Å². The van der Waals surface area contributed by atoms with Crippen molar-refractivity contribution in [1.82, 2.24) is 19.8 Å². The topological polar surface area (TPSA) is 89.1 Å². The van der Waals surface area contributed by atoms with Gasteiger partial charge in [0, 0.05) is 54.3 Å². The van der Waals surface area contributed by atoms with Gasteiger partial charge in [0.25, 0.3) is 0 Å². The first-order valence-electron chi connectivity index (χ1n) is 13.8. The summed E-state index contributed by atoms with van der Waals surface area (Å²) in [5, 5.41) is 4.29. The van der Waals surface area contributed by atoms with Crippen LogP contribution in [0.4, 0.5) is 11.5 Å². The van der Waals surface area contributed by atoms with Gasteiger partial charge in [0.2, 0.25) is 0 Å². The highest BCUT2D eigenvalue weighted by Crippen LogP contribution is 2.37. The highest BCUT2D eigenvalue weighted by molar-refractivity contribution is 9.10. The number of carbonyl (C=O) groups excluding carboxylic acids is 1.